The van der Waals surface area contributed by atoms with E-state index in [4.69, 9.17) is 0 Å². The van der Waals surface area contributed by atoms with E-state index in [1.165, 1.54) is 12.1 Å². The summed E-state index contributed by atoms with van der Waals surface area (Å²) in [5.74, 6) is -0.240. The molecule has 5 rings (SSSR count). The van der Waals surface area contributed by atoms with Crippen molar-refractivity contribution in [3.8, 4) is 11.1 Å². The summed E-state index contributed by atoms with van der Waals surface area (Å²) in [6, 6.07) is 18.5. The van der Waals surface area contributed by atoms with Crippen molar-refractivity contribution in [2.75, 3.05) is 5.32 Å². The smallest absolute Gasteiger partial charge is 0.251 e. The molecule has 1 amide bonds. The van der Waals surface area contributed by atoms with Gasteiger partial charge in [-0.05, 0) is 66.4 Å². The van der Waals surface area contributed by atoms with Crippen LogP contribution in [0.2, 0.25) is 0 Å². The first-order valence-corrected chi connectivity index (χ1v) is 11.0. The van der Waals surface area contributed by atoms with E-state index in [1.54, 1.807) is 61.8 Å². The second kappa shape index (κ2) is 9.02. The van der Waals surface area contributed by atoms with Gasteiger partial charge in [-0.25, -0.2) is 18.7 Å². The highest BCUT2D eigenvalue weighted by atomic mass is 19.1. The van der Waals surface area contributed by atoms with E-state index >= 15 is 0 Å². The Morgan fingerprint density at radius 3 is 2.50 bits per heavy atom. The van der Waals surface area contributed by atoms with Crippen molar-refractivity contribution >= 4 is 17.5 Å². The number of nitrogens with one attached hydrogen (secondary N) is 2. The monoisotopic (exact) mass is 456 g/mol. The van der Waals surface area contributed by atoms with Crippen molar-refractivity contribution in [1.82, 2.24) is 15.3 Å². The third-order valence-electron chi connectivity index (χ3n) is 5.92. The predicted octanol–water partition coefficient (Wildman–Crippen LogP) is 5.76. The van der Waals surface area contributed by atoms with Gasteiger partial charge >= 0.3 is 0 Å². The number of anilines is 2. The molecular formula is C27H22F2N4O. The van der Waals surface area contributed by atoms with Crippen LogP contribution in [0.25, 0.3) is 11.1 Å². The molecule has 1 aliphatic rings. The maximum Gasteiger partial charge on any atom is 0.251 e. The lowest BCUT2D eigenvalue weighted by atomic mass is 10.1. The zero-order chi connectivity index (χ0) is 23.7. The Kier molecular flexibility index (Phi) is 5.76. The van der Waals surface area contributed by atoms with Gasteiger partial charge in [0.1, 0.15) is 11.6 Å². The number of hydrogen-bond acceptors (Lipinski definition) is 4. The highest BCUT2D eigenvalue weighted by molar-refractivity contribution is 5.95. The number of amides is 1. The van der Waals surface area contributed by atoms with Gasteiger partial charge in [-0.15, -0.1) is 0 Å². The van der Waals surface area contributed by atoms with E-state index in [9.17, 15) is 13.6 Å². The first-order valence-electron chi connectivity index (χ1n) is 11.0. The molecule has 0 saturated heterocycles. The van der Waals surface area contributed by atoms with Crippen LogP contribution in [0.3, 0.4) is 0 Å². The molecule has 1 heterocycles. The molecule has 3 aromatic carbocycles. The van der Waals surface area contributed by atoms with Crippen molar-refractivity contribution in [2.45, 2.75) is 25.3 Å². The second-order valence-electron chi connectivity index (χ2n) is 8.44. The molecule has 5 nitrogen and oxygen atoms in total. The van der Waals surface area contributed by atoms with Gasteiger partial charge in [-0.3, -0.25) is 4.79 Å². The highest BCUT2D eigenvalue weighted by Gasteiger charge is 2.39. The number of halogens is 2. The minimum absolute atomic E-state index is 0.00933. The molecule has 34 heavy (non-hydrogen) atoms. The molecule has 0 unspecified atom stereocenters. The fourth-order valence-corrected chi connectivity index (χ4v) is 3.89. The molecule has 1 aromatic heterocycles. The Balaban J connectivity index is 1.22. The van der Waals surface area contributed by atoms with Gasteiger partial charge in [0.15, 0.2) is 0 Å². The molecule has 170 valence electrons. The van der Waals surface area contributed by atoms with Crippen LogP contribution in [0.1, 0.15) is 33.8 Å². The summed E-state index contributed by atoms with van der Waals surface area (Å²) in [6.45, 7) is 1.73. The van der Waals surface area contributed by atoms with Gasteiger partial charge in [-0.1, -0.05) is 30.3 Å². The van der Waals surface area contributed by atoms with Crippen molar-refractivity contribution in [3.63, 3.8) is 0 Å². The maximum atomic E-state index is 13.9. The molecule has 1 aliphatic carbocycles. The summed E-state index contributed by atoms with van der Waals surface area (Å²) in [6.07, 6.45) is 4.02. The number of carbonyl (C=O) groups is 1. The van der Waals surface area contributed by atoms with Crippen LogP contribution in [-0.4, -0.2) is 21.9 Å². The molecule has 0 bridgehead atoms. The van der Waals surface area contributed by atoms with Crippen molar-refractivity contribution in [3.05, 3.63) is 107 Å². The van der Waals surface area contributed by atoms with E-state index in [1.807, 2.05) is 12.1 Å². The molecule has 4 aromatic rings. The Morgan fingerprint density at radius 2 is 1.74 bits per heavy atom. The third kappa shape index (κ3) is 4.78. The largest absolute Gasteiger partial charge is 0.349 e. The van der Waals surface area contributed by atoms with Crippen LogP contribution >= 0.6 is 0 Å². The average Bonchev–Trinajstić information content (AvgIpc) is 3.60. The van der Waals surface area contributed by atoms with Gasteiger partial charge < -0.3 is 10.6 Å². The van der Waals surface area contributed by atoms with Crippen molar-refractivity contribution < 1.29 is 13.6 Å². The molecule has 2 N–H and O–H groups in total. The van der Waals surface area contributed by atoms with Gasteiger partial charge in [0.25, 0.3) is 5.91 Å². The topological polar surface area (TPSA) is 66.9 Å². The molecule has 0 radical (unpaired) electrons. The van der Waals surface area contributed by atoms with E-state index < -0.39 is 0 Å². The van der Waals surface area contributed by atoms with E-state index in [0.717, 1.165) is 12.0 Å². The first kappa shape index (κ1) is 21.7. The van der Waals surface area contributed by atoms with Crippen LogP contribution < -0.4 is 10.6 Å². The zero-order valence-electron chi connectivity index (χ0n) is 18.4. The van der Waals surface area contributed by atoms with Crippen LogP contribution in [0, 0.1) is 18.6 Å². The molecular weight excluding hydrogens is 434 g/mol. The fraction of sp³-hybridized carbons (Fsp3) is 0.148. The summed E-state index contributed by atoms with van der Waals surface area (Å²) in [4.78, 5) is 21.3. The summed E-state index contributed by atoms with van der Waals surface area (Å²) in [7, 11) is 0. The molecule has 1 fully saturated rings. The highest BCUT2D eigenvalue weighted by Crippen LogP contribution is 2.41. The lowest BCUT2D eigenvalue weighted by Gasteiger charge is -2.09. The van der Waals surface area contributed by atoms with Crippen LogP contribution in [0.4, 0.5) is 20.4 Å². The van der Waals surface area contributed by atoms with Crippen molar-refractivity contribution in [2.24, 2.45) is 0 Å². The Bertz CT molecular complexity index is 1360. The predicted molar refractivity (Wildman–Crippen MR) is 127 cm³/mol. The summed E-state index contributed by atoms with van der Waals surface area (Å²) in [5.41, 5.74) is 4.08. The molecule has 7 heteroatoms. The van der Waals surface area contributed by atoms with Crippen LogP contribution in [0.5, 0.6) is 0 Å². The fourth-order valence-electron chi connectivity index (χ4n) is 3.89. The number of aromatic nitrogens is 2. The SMILES string of the molecule is Cc1ccc([C@@H]2C[C@H]2NC(=O)c2cccc(Nc3ncc(-c4cccc(F)c4)cn3)c2)cc1F. The molecule has 0 aliphatic heterocycles. The number of benzene rings is 3. The maximum absolute atomic E-state index is 13.9. The van der Waals surface area contributed by atoms with Gasteiger partial charge in [0.2, 0.25) is 5.95 Å². The van der Waals surface area contributed by atoms with Gasteiger partial charge in [0, 0.05) is 41.2 Å². The standard InChI is InChI=1S/C27H22F2N4O/c1-16-8-9-18(12-24(16)29)23-13-25(23)33-26(34)19-5-3-7-22(11-19)32-27-30-14-20(15-31-27)17-4-2-6-21(28)10-17/h2-12,14-15,23,25H,13H2,1H3,(H,33,34)(H,30,31,32)/t23-,25+/m0/s1. The number of aryl methyl sites for hydroxylation is 1. The van der Waals surface area contributed by atoms with E-state index in [0.29, 0.717) is 33.9 Å². The minimum atomic E-state index is -0.321. The Labute approximate surface area is 195 Å². The van der Waals surface area contributed by atoms with E-state index in [-0.39, 0.29) is 29.5 Å². The summed E-state index contributed by atoms with van der Waals surface area (Å²) in [5, 5.41) is 6.11. The number of carbonyl (C=O) groups excluding carboxylic acids is 1. The Hall–Kier alpha value is -4.13. The minimum Gasteiger partial charge on any atom is -0.349 e. The van der Waals surface area contributed by atoms with Gasteiger partial charge in [-0.2, -0.15) is 0 Å². The van der Waals surface area contributed by atoms with Crippen LogP contribution in [0.15, 0.2) is 79.1 Å². The average molecular weight is 456 g/mol. The van der Waals surface area contributed by atoms with E-state index in [2.05, 4.69) is 20.6 Å². The normalized spacial score (nSPS) is 16.7. The summed E-state index contributed by atoms with van der Waals surface area (Å²) >= 11 is 0. The molecule has 1 saturated carbocycles. The zero-order valence-corrected chi connectivity index (χ0v) is 18.4. The lowest BCUT2D eigenvalue weighted by Crippen LogP contribution is -2.26. The summed E-state index contributed by atoms with van der Waals surface area (Å²) < 4.78 is 27.3. The third-order valence-corrected chi connectivity index (χ3v) is 5.92. The second-order valence-corrected chi connectivity index (χ2v) is 8.44. The molecule has 0 spiro atoms. The number of hydrogen-bond donors (Lipinski definition) is 2. The Morgan fingerprint density at radius 1 is 0.941 bits per heavy atom. The van der Waals surface area contributed by atoms with Crippen LogP contribution in [-0.2, 0) is 0 Å². The van der Waals surface area contributed by atoms with Crippen molar-refractivity contribution in [1.29, 1.82) is 0 Å². The van der Waals surface area contributed by atoms with Gasteiger partial charge in [0.05, 0.1) is 0 Å². The first-order chi connectivity index (χ1) is 16.5. The number of rotatable bonds is 6. The lowest BCUT2D eigenvalue weighted by molar-refractivity contribution is 0.0950. The number of nitrogens with zero attached hydrogens (tertiary/aromatic N) is 2. The molecule has 2 atom stereocenters. The quantitative estimate of drug-likeness (QED) is 0.387.